The first kappa shape index (κ1) is 17.4. The van der Waals surface area contributed by atoms with Crippen molar-refractivity contribution in [2.24, 2.45) is 0 Å². The molecule has 7 nitrogen and oxygen atoms in total. The highest BCUT2D eigenvalue weighted by Crippen LogP contribution is 2.22. The molecule has 0 radical (unpaired) electrons. The first-order chi connectivity index (χ1) is 12.1. The molecule has 1 aliphatic rings. The minimum absolute atomic E-state index is 0.0851. The molecule has 2 amide bonds. The van der Waals surface area contributed by atoms with E-state index in [2.05, 4.69) is 29.5 Å². The maximum absolute atomic E-state index is 12.6. The van der Waals surface area contributed by atoms with Crippen molar-refractivity contribution in [3.8, 4) is 0 Å². The predicted octanol–water partition coefficient (Wildman–Crippen LogP) is 2.51. The molecular formula is C18H25N5O2. The fraction of sp³-hybridized carbons (Fsp3) is 0.500. The number of likely N-dealkylation sites (tertiary alicyclic amines) is 1. The summed E-state index contributed by atoms with van der Waals surface area (Å²) in [6.45, 7) is 5.40. The summed E-state index contributed by atoms with van der Waals surface area (Å²) in [4.78, 5) is 14.4. The molecule has 0 spiro atoms. The van der Waals surface area contributed by atoms with Gasteiger partial charge in [-0.2, -0.15) is 0 Å². The van der Waals surface area contributed by atoms with Gasteiger partial charge in [0.2, 0.25) is 0 Å². The highest BCUT2D eigenvalue weighted by molar-refractivity contribution is 5.89. The maximum atomic E-state index is 12.6. The molecule has 0 saturated carbocycles. The van der Waals surface area contributed by atoms with Crippen LogP contribution in [-0.2, 0) is 13.0 Å². The lowest BCUT2D eigenvalue weighted by atomic mass is 10.1. The van der Waals surface area contributed by atoms with E-state index in [9.17, 15) is 4.79 Å². The second-order valence-corrected chi connectivity index (χ2v) is 6.52. The Morgan fingerprint density at radius 3 is 3.00 bits per heavy atom. The van der Waals surface area contributed by atoms with Crippen LogP contribution in [0.3, 0.4) is 0 Å². The predicted molar refractivity (Wildman–Crippen MR) is 95.4 cm³/mol. The Labute approximate surface area is 147 Å². The van der Waals surface area contributed by atoms with Crippen LogP contribution in [0.1, 0.15) is 42.6 Å². The van der Waals surface area contributed by atoms with Crippen molar-refractivity contribution in [2.45, 2.75) is 45.8 Å². The molecule has 3 rings (SSSR count). The van der Waals surface area contributed by atoms with Gasteiger partial charge in [-0.25, -0.2) is 9.48 Å². The zero-order chi connectivity index (χ0) is 17.8. The fourth-order valence-electron chi connectivity index (χ4n) is 3.25. The van der Waals surface area contributed by atoms with Crippen LogP contribution in [0.15, 0.2) is 24.4 Å². The van der Waals surface area contributed by atoms with Crippen molar-refractivity contribution in [3.63, 3.8) is 0 Å². The third kappa shape index (κ3) is 3.99. The van der Waals surface area contributed by atoms with Gasteiger partial charge in [0.1, 0.15) is 5.69 Å². The molecule has 1 atom stereocenters. The molecule has 1 fully saturated rings. The second kappa shape index (κ2) is 7.65. The van der Waals surface area contributed by atoms with Crippen LogP contribution in [0.25, 0.3) is 0 Å². The molecular weight excluding hydrogens is 318 g/mol. The molecule has 1 unspecified atom stereocenters. The smallest absolute Gasteiger partial charge is 0.321 e. The molecule has 0 bridgehead atoms. The molecule has 2 aromatic rings. The van der Waals surface area contributed by atoms with E-state index in [1.807, 2.05) is 23.1 Å². The number of aliphatic hydroxyl groups excluding tert-OH is 1. The maximum Gasteiger partial charge on any atom is 0.321 e. The zero-order valence-corrected chi connectivity index (χ0v) is 14.8. The number of nitrogens with one attached hydrogen (secondary N) is 1. The van der Waals surface area contributed by atoms with Crippen LogP contribution >= 0.6 is 0 Å². The number of carbonyl (C=O) groups is 1. The van der Waals surface area contributed by atoms with Crippen molar-refractivity contribution >= 4 is 11.7 Å². The summed E-state index contributed by atoms with van der Waals surface area (Å²) in [5.41, 5.74) is 3.86. The van der Waals surface area contributed by atoms with Crippen LogP contribution in [0.4, 0.5) is 10.5 Å². The minimum Gasteiger partial charge on any atom is -0.390 e. The number of aryl methyl sites for hydroxylation is 2. The Hall–Kier alpha value is -2.41. The number of piperidine rings is 1. The molecule has 134 valence electrons. The molecule has 7 heteroatoms. The van der Waals surface area contributed by atoms with Gasteiger partial charge in [-0.3, -0.25) is 0 Å². The summed E-state index contributed by atoms with van der Waals surface area (Å²) in [6.07, 6.45) is 4.56. The standard InChI is InChI=1S/C18H25N5O2/c1-3-14-9-15(7-6-13(14)2)19-18(25)22-8-4-5-17(11-22)23-10-16(12-24)20-21-23/h6-7,9-10,17,24H,3-5,8,11-12H2,1-2H3,(H,19,25). The summed E-state index contributed by atoms with van der Waals surface area (Å²) in [5.74, 6) is 0. The van der Waals surface area contributed by atoms with E-state index in [4.69, 9.17) is 5.11 Å². The van der Waals surface area contributed by atoms with Crippen molar-refractivity contribution in [2.75, 3.05) is 18.4 Å². The van der Waals surface area contributed by atoms with Crippen LogP contribution in [0, 0.1) is 6.92 Å². The number of nitrogens with zero attached hydrogens (tertiary/aromatic N) is 4. The van der Waals surface area contributed by atoms with Crippen molar-refractivity contribution in [1.82, 2.24) is 19.9 Å². The van der Waals surface area contributed by atoms with Gasteiger partial charge in [-0.15, -0.1) is 5.10 Å². The number of rotatable bonds is 4. The van der Waals surface area contributed by atoms with Gasteiger partial charge in [0.15, 0.2) is 0 Å². The minimum atomic E-state index is -0.121. The van der Waals surface area contributed by atoms with Crippen LogP contribution in [0.2, 0.25) is 0 Å². The van der Waals surface area contributed by atoms with Gasteiger partial charge in [0.25, 0.3) is 0 Å². The number of aromatic nitrogens is 3. The normalized spacial score (nSPS) is 17.6. The van der Waals surface area contributed by atoms with Gasteiger partial charge in [0, 0.05) is 18.8 Å². The zero-order valence-electron chi connectivity index (χ0n) is 14.8. The fourth-order valence-corrected chi connectivity index (χ4v) is 3.25. The quantitative estimate of drug-likeness (QED) is 0.893. The third-order valence-corrected chi connectivity index (χ3v) is 4.76. The summed E-state index contributed by atoms with van der Waals surface area (Å²) in [7, 11) is 0. The van der Waals surface area contributed by atoms with E-state index < -0.39 is 0 Å². The van der Waals surface area contributed by atoms with E-state index >= 15 is 0 Å². The van der Waals surface area contributed by atoms with Gasteiger partial charge in [-0.1, -0.05) is 18.2 Å². The van der Waals surface area contributed by atoms with E-state index in [1.165, 1.54) is 11.1 Å². The van der Waals surface area contributed by atoms with Crippen molar-refractivity contribution in [1.29, 1.82) is 0 Å². The van der Waals surface area contributed by atoms with Gasteiger partial charge >= 0.3 is 6.03 Å². The van der Waals surface area contributed by atoms with Crippen molar-refractivity contribution < 1.29 is 9.90 Å². The van der Waals surface area contributed by atoms with E-state index in [0.717, 1.165) is 31.5 Å². The van der Waals surface area contributed by atoms with E-state index in [-0.39, 0.29) is 18.7 Å². The number of amides is 2. The van der Waals surface area contributed by atoms with Gasteiger partial charge in [-0.05, 0) is 49.4 Å². The number of urea groups is 1. The molecule has 1 saturated heterocycles. The molecule has 1 aromatic heterocycles. The van der Waals surface area contributed by atoms with Gasteiger partial charge < -0.3 is 15.3 Å². The molecule has 25 heavy (non-hydrogen) atoms. The number of hydrogen-bond donors (Lipinski definition) is 2. The second-order valence-electron chi connectivity index (χ2n) is 6.52. The third-order valence-electron chi connectivity index (χ3n) is 4.76. The number of aliphatic hydroxyl groups is 1. The molecule has 2 N–H and O–H groups in total. The summed E-state index contributed by atoms with van der Waals surface area (Å²) < 4.78 is 1.76. The van der Waals surface area contributed by atoms with Crippen LogP contribution < -0.4 is 5.32 Å². The van der Waals surface area contributed by atoms with Crippen molar-refractivity contribution in [3.05, 3.63) is 41.2 Å². The van der Waals surface area contributed by atoms with E-state index in [1.54, 1.807) is 10.9 Å². The first-order valence-corrected chi connectivity index (χ1v) is 8.77. The van der Waals surface area contributed by atoms with Gasteiger partial charge in [0.05, 0.1) is 18.8 Å². The van der Waals surface area contributed by atoms with Crippen LogP contribution in [0.5, 0.6) is 0 Å². The van der Waals surface area contributed by atoms with E-state index in [0.29, 0.717) is 12.2 Å². The monoisotopic (exact) mass is 343 g/mol. The summed E-state index contributed by atoms with van der Waals surface area (Å²) >= 11 is 0. The lowest BCUT2D eigenvalue weighted by Gasteiger charge is -2.32. The Balaban J connectivity index is 1.65. The lowest BCUT2D eigenvalue weighted by Crippen LogP contribution is -2.43. The van der Waals surface area contributed by atoms with Crippen LogP contribution in [-0.4, -0.2) is 44.1 Å². The lowest BCUT2D eigenvalue weighted by molar-refractivity contribution is 0.174. The average molecular weight is 343 g/mol. The Morgan fingerprint density at radius 2 is 2.28 bits per heavy atom. The molecule has 1 aromatic carbocycles. The molecule has 2 heterocycles. The Morgan fingerprint density at radius 1 is 1.44 bits per heavy atom. The number of benzene rings is 1. The average Bonchev–Trinajstić information content (AvgIpc) is 3.12. The Kier molecular flexibility index (Phi) is 5.33. The molecule has 1 aliphatic heterocycles. The largest absolute Gasteiger partial charge is 0.390 e. The molecule has 0 aliphatic carbocycles. The SMILES string of the molecule is CCc1cc(NC(=O)N2CCCC(n3cc(CO)nn3)C2)ccc1C. The topological polar surface area (TPSA) is 83.3 Å². The summed E-state index contributed by atoms with van der Waals surface area (Å²) in [6, 6.07) is 6.03. The number of carbonyl (C=O) groups excluding carboxylic acids is 1. The first-order valence-electron chi connectivity index (χ1n) is 8.77. The summed E-state index contributed by atoms with van der Waals surface area (Å²) in [5, 5.41) is 20.1. The number of anilines is 1. The number of hydrogen-bond acceptors (Lipinski definition) is 4. The Bertz CT molecular complexity index is 743. The highest BCUT2D eigenvalue weighted by Gasteiger charge is 2.25. The highest BCUT2D eigenvalue weighted by atomic mass is 16.3.